The predicted octanol–water partition coefficient (Wildman–Crippen LogP) is 1.78. The van der Waals surface area contributed by atoms with Crippen LogP contribution in [0.25, 0.3) is 5.69 Å². The maximum Gasteiger partial charge on any atom is 0.271 e. The van der Waals surface area contributed by atoms with E-state index in [9.17, 15) is 4.79 Å². The van der Waals surface area contributed by atoms with Gasteiger partial charge in [0.05, 0.1) is 5.69 Å². The number of nitrogens with two attached hydrogens (primary N) is 1. The lowest BCUT2D eigenvalue weighted by atomic mass is 10.1. The van der Waals surface area contributed by atoms with E-state index in [4.69, 9.17) is 17.3 Å². The van der Waals surface area contributed by atoms with Crippen LogP contribution in [0.3, 0.4) is 0 Å². The van der Waals surface area contributed by atoms with Gasteiger partial charge in [0.2, 0.25) is 0 Å². The molecule has 0 fully saturated rings. The van der Waals surface area contributed by atoms with Gasteiger partial charge in [0.15, 0.2) is 5.69 Å². The molecule has 0 aliphatic rings. The summed E-state index contributed by atoms with van der Waals surface area (Å²) in [6.45, 7) is 1.93. The number of benzene rings is 1. The summed E-state index contributed by atoms with van der Waals surface area (Å²) in [7, 11) is 1.57. The Bertz CT molecular complexity index is 621. The monoisotopic (exact) mass is 292 g/mol. The average molecular weight is 293 g/mol. The number of hydrogen-bond donors (Lipinski definition) is 2. The second-order valence-electron chi connectivity index (χ2n) is 4.68. The molecule has 2 rings (SSSR count). The molecule has 1 unspecified atom stereocenters. The van der Waals surface area contributed by atoms with Gasteiger partial charge in [0.1, 0.15) is 0 Å². The number of aromatic nitrogens is 2. The van der Waals surface area contributed by atoms with E-state index in [1.807, 2.05) is 19.1 Å². The zero-order valence-corrected chi connectivity index (χ0v) is 12.2. The van der Waals surface area contributed by atoms with E-state index in [-0.39, 0.29) is 11.9 Å². The smallest absolute Gasteiger partial charge is 0.271 e. The average Bonchev–Trinajstić information content (AvgIpc) is 2.86. The van der Waals surface area contributed by atoms with Gasteiger partial charge in [-0.3, -0.25) is 4.79 Å². The van der Waals surface area contributed by atoms with Crippen molar-refractivity contribution in [3.63, 3.8) is 0 Å². The number of hydrogen-bond acceptors (Lipinski definition) is 3. The van der Waals surface area contributed by atoms with Gasteiger partial charge in [-0.15, -0.1) is 0 Å². The highest BCUT2D eigenvalue weighted by molar-refractivity contribution is 6.30. The van der Waals surface area contributed by atoms with Gasteiger partial charge in [0.25, 0.3) is 5.91 Å². The lowest BCUT2D eigenvalue weighted by Crippen LogP contribution is -2.20. The Morgan fingerprint density at radius 3 is 2.90 bits per heavy atom. The molecule has 1 amide bonds. The van der Waals surface area contributed by atoms with Crippen molar-refractivity contribution in [2.45, 2.75) is 19.4 Å². The number of nitrogens with zero attached hydrogens (tertiary/aromatic N) is 2. The Hall–Kier alpha value is -1.85. The van der Waals surface area contributed by atoms with Crippen LogP contribution in [-0.4, -0.2) is 28.8 Å². The fourth-order valence-electron chi connectivity index (χ4n) is 2.00. The molecule has 0 bridgehead atoms. The van der Waals surface area contributed by atoms with Crippen LogP contribution in [0.5, 0.6) is 0 Å². The Labute approximate surface area is 122 Å². The molecule has 106 valence electrons. The highest BCUT2D eigenvalue weighted by atomic mass is 35.5. The highest BCUT2D eigenvalue weighted by Crippen LogP contribution is 2.21. The normalized spacial score (nSPS) is 12.2. The van der Waals surface area contributed by atoms with Gasteiger partial charge in [0, 0.05) is 24.3 Å². The van der Waals surface area contributed by atoms with Crippen molar-refractivity contribution in [2.75, 3.05) is 7.05 Å². The molecule has 1 atom stereocenters. The summed E-state index contributed by atoms with van der Waals surface area (Å²) in [5.74, 6) is -0.216. The molecule has 0 saturated heterocycles. The number of nitrogens with one attached hydrogen (secondary N) is 1. The Morgan fingerprint density at radius 2 is 2.25 bits per heavy atom. The van der Waals surface area contributed by atoms with Crippen LogP contribution in [-0.2, 0) is 6.42 Å². The first-order valence-corrected chi connectivity index (χ1v) is 6.71. The third kappa shape index (κ3) is 3.18. The van der Waals surface area contributed by atoms with Crippen LogP contribution in [0.4, 0.5) is 0 Å². The lowest BCUT2D eigenvalue weighted by molar-refractivity contribution is 0.0957. The summed E-state index contributed by atoms with van der Waals surface area (Å²) in [6.07, 6.45) is 2.43. The molecule has 3 N–H and O–H groups in total. The van der Waals surface area contributed by atoms with E-state index in [1.54, 1.807) is 30.1 Å². The Kier molecular flexibility index (Phi) is 4.42. The minimum atomic E-state index is -0.216. The quantitative estimate of drug-likeness (QED) is 0.902. The molecule has 6 heteroatoms. The summed E-state index contributed by atoms with van der Waals surface area (Å²) in [5, 5.41) is 7.47. The van der Waals surface area contributed by atoms with E-state index in [0.29, 0.717) is 17.1 Å². The van der Waals surface area contributed by atoms with Crippen molar-refractivity contribution in [3.05, 3.63) is 46.7 Å². The first-order valence-electron chi connectivity index (χ1n) is 6.33. The van der Waals surface area contributed by atoms with Crippen molar-refractivity contribution >= 4 is 17.5 Å². The maximum atomic E-state index is 11.5. The van der Waals surface area contributed by atoms with Crippen LogP contribution < -0.4 is 11.1 Å². The highest BCUT2D eigenvalue weighted by Gasteiger charge is 2.12. The van der Waals surface area contributed by atoms with Crippen molar-refractivity contribution < 1.29 is 4.79 Å². The van der Waals surface area contributed by atoms with E-state index in [0.717, 1.165) is 11.3 Å². The second-order valence-corrected chi connectivity index (χ2v) is 5.12. The van der Waals surface area contributed by atoms with Crippen molar-refractivity contribution in [1.29, 1.82) is 0 Å². The fraction of sp³-hybridized carbons (Fsp3) is 0.286. The minimum Gasteiger partial charge on any atom is -0.354 e. The van der Waals surface area contributed by atoms with Crippen molar-refractivity contribution in [3.8, 4) is 5.69 Å². The third-order valence-corrected chi connectivity index (χ3v) is 3.11. The van der Waals surface area contributed by atoms with Crippen molar-refractivity contribution in [1.82, 2.24) is 15.1 Å². The first kappa shape index (κ1) is 14.6. The molecule has 5 nitrogen and oxygen atoms in total. The van der Waals surface area contributed by atoms with Crippen LogP contribution in [0.15, 0.2) is 30.5 Å². The Balaban J connectivity index is 2.41. The van der Waals surface area contributed by atoms with E-state index in [2.05, 4.69) is 10.4 Å². The molecule has 1 heterocycles. The summed E-state index contributed by atoms with van der Waals surface area (Å²) in [4.78, 5) is 11.5. The maximum absolute atomic E-state index is 11.5. The summed E-state index contributed by atoms with van der Waals surface area (Å²) in [6, 6.07) is 7.23. The van der Waals surface area contributed by atoms with Gasteiger partial charge >= 0.3 is 0 Å². The van der Waals surface area contributed by atoms with Crippen LogP contribution in [0.2, 0.25) is 5.02 Å². The summed E-state index contributed by atoms with van der Waals surface area (Å²) in [5.41, 5.74) is 8.11. The molecular weight excluding hydrogens is 276 g/mol. The number of carbonyl (C=O) groups excluding carboxylic acids is 1. The molecule has 0 aliphatic heterocycles. The molecule has 0 radical (unpaired) electrons. The van der Waals surface area contributed by atoms with Crippen LogP contribution >= 0.6 is 11.6 Å². The molecule has 20 heavy (non-hydrogen) atoms. The van der Waals surface area contributed by atoms with Gasteiger partial charge < -0.3 is 11.1 Å². The van der Waals surface area contributed by atoms with E-state index in [1.165, 1.54) is 0 Å². The summed E-state index contributed by atoms with van der Waals surface area (Å²) >= 11 is 6.03. The molecule has 2 aromatic rings. The predicted molar refractivity (Wildman–Crippen MR) is 79.3 cm³/mol. The SMILES string of the molecule is CNC(=O)c1ccn(-c2ccc(Cl)cc2CC(C)N)n1. The zero-order valence-electron chi connectivity index (χ0n) is 11.4. The minimum absolute atomic E-state index is 0.0150. The fourth-order valence-corrected chi connectivity index (χ4v) is 2.19. The molecule has 0 spiro atoms. The topological polar surface area (TPSA) is 72.9 Å². The molecule has 1 aromatic carbocycles. The van der Waals surface area contributed by atoms with Gasteiger partial charge in [-0.25, -0.2) is 4.68 Å². The number of halogens is 1. The molecule has 0 aliphatic carbocycles. The lowest BCUT2D eigenvalue weighted by Gasteiger charge is -2.12. The zero-order chi connectivity index (χ0) is 14.7. The number of carbonyl (C=O) groups is 1. The third-order valence-electron chi connectivity index (χ3n) is 2.88. The van der Waals surface area contributed by atoms with Gasteiger partial charge in [-0.05, 0) is 43.2 Å². The number of amides is 1. The van der Waals surface area contributed by atoms with E-state index < -0.39 is 0 Å². The molecule has 1 aromatic heterocycles. The van der Waals surface area contributed by atoms with Crippen molar-refractivity contribution in [2.24, 2.45) is 5.73 Å². The standard InChI is InChI=1S/C14H17ClN4O/c1-9(16)7-10-8-11(15)3-4-13(10)19-6-5-12(18-19)14(20)17-2/h3-6,8-9H,7,16H2,1-2H3,(H,17,20). The van der Waals surface area contributed by atoms with Crippen LogP contribution in [0, 0.1) is 0 Å². The Morgan fingerprint density at radius 1 is 1.50 bits per heavy atom. The van der Waals surface area contributed by atoms with Gasteiger partial charge in [-0.2, -0.15) is 5.10 Å². The van der Waals surface area contributed by atoms with E-state index >= 15 is 0 Å². The summed E-state index contributed by atoms with van der Waals surface area (Å²) < 4.78 is 1.67. The first-order chi connectivity index (χ1) is 9.51. The molecular formula is C14H17ClN4O. The van der Waals surface area contributed by atoms with Crippen LogP contribution in [0.1, 0.15) is 23.0 Å². The second kappa shape index (κ2) is 6.07. The largest absolute Gasteiger partial charge is 0.354 e. The van der Waals surface area contributed by atoms with Gasteiger partial charge in [-0.1, -0.05) is 11.6 Å². The number of rotatable bonds is 4. The molecule has 0 saturated carbocycles.